The van der Waals surface area contributed by atoms with Crippen LogP contribution in [0.3, 0.4) is 0 Å². The molecule has 0 atom stereocenters. The minimum Gasteiger partial charge on any atom is -0.483 e. The number of benzene rings is 1. The quantitative estimate of drug-likeness (QED) is 0.820. The van der Waals surface area contributed by atoms with Crippen molar-refractivity contribution in [1.29, 1.82) is 0 Å². The lowest BCUT2D eigenvalue weighted by Gasteiger charge is -2.17. The summed E-state index contributed by atoms with van der Waals surface area (Å²) >= 11 is 3.50. The average molecular weight is 354 g/mol. The van der Waals surface area contributed by atoms with Gasteiger partial charge in [-0.15, -0.1) is 0 Å². The molecule has 0 saturated heterocycles. The first-order chi connectivity index (χ1) is 10.1. The maximum atomic E-state index is 12.0. The van der Waals surface area contributed by atoms with Crippen molar-refractivity contribution in [2.75, 3.05) is 6.61 Å². The highest BCUT2D eigenvalue weighted by atomic mass is 79.9. The Kier molecular flexibility index (Phi) is 6.09. The summed E-state index contributed by atoms with van der Waals surface area (Å²) in [6, 6.07) is 4.32. The van der Waals surface area contributed by atoms with Gasteiger partial charge >= 0.3 is 0 Å². The van der Waals surface area contributed by atoms with Gasteiger partial charge in [0.1, 0.15) is 5.75 Å². The molecule has 0 heterocycles. The van der Waals surface area contributed by atoms with Gasteiger partial charge in [-0.2, -0.15) is 0 Å². The number of amides is 1. The molecule has 0 unspecified atom stereocenters. The third-order valence-corrected chi connectivity index (χ3v) is 4.89. The van der Waals surface area contributed by atoms with Gasteiger partial charge < -0.3 is 10.1 Å². The van der Waals surface area contributed by atoms with E-state index < -0.39 is 0 Å². The van der Waals surface area contributed by atoms with E-state index in [4.69, 9.17) is 4.74 Å². The van der Waals surface area contributed by atoms with E-state index in [0.717, 1.165) is 34.2 Å². The molecule has 1 aliphatic rings. The standard InChI is InChI=1S/C17H24BrNO2/c1-12-10-16(13(2)9-15(12)18)21-11-17(20)19-14-7-5-3-4-6-8-14/h9-10,14H,3-8,11H2,1-2H3,(H,19,20). The summed E-state index contributed by atoms with van der Waals surface area (Å²) in [5, 5.41) is 3.10. The van der Waals surface area contributed by atoms with E-state index in [1.54, 1.807) is 0 Å². The van der Waals surface area contributed by atoms with Crippen molar-refractivity contribution in [3.05, 3.63) is 27.7 Å². The predicted octanol–water partition coefficient (Wildman–Crippen LogP) is 4.28. The highest BCUT2D eigenvalue weighted by Gasteiger charge is 2.15. The summed E-state index contributed by atoms with van der Waals surface area (Å²) in [4.78, 5) is 12.0. The van der Waals surface area contributed by atoms with Crippen molar-refractivity contribution in [3.63, 3.8) is 0 Å². The van der Waals surface area contributed by atoms with Crippen LogP contribution in [0.15, 0.2) is 16.6 Å². The molecule has 21 heavy (non-hydrogen) atoms. The van der Waals surface area contributed by atoms with Crippen molar-refractivity contribution in [1.82, 2.24) is 5.32 Å². The molecule has 2 rings (SSSR count). The number of halogens is 1. The van der Waals surface area contributed by atoms with Crippen LogP contribution >= 0.6 is 15.9 Å². The summed E-state index contributed by atoms with van der Waals surface area (Å²) < 4.78 is 6.74. The summed E-state index contributed by atoms with van der Waals surface area (Å²) in [5.74, 6) is 0.772. The molecule has 1 N–H and O–H groups in total. The molecular weight excluding hydrogens is 330 g/mol. The molecule has 1 fully saturated rings. The fourth-order valence-electron chi connectivity index (χ4n) is 2.75. The zero-order valence-electron chi connectivity index (χ0n) is 12.9. The van der Waals surface area contributed by atoms with E-state index >= 15 is 0 Å². The number of aryl methyl sites for hydroxylation is 2. The van der Waals surface area contributed by atoms with Gasteiger partial charge in [0, 0.05) is 10.5 Å². The molecule has 1 saturated carbocycles. The highest BCUT2D eigenvalue weighted by Crippen LogP contribution is 2.26. The Morgan fingerprint density at radius 2 is 1.86 bits per heavy atom. The van der Waals surface area contributed by atoms with E-state index in [9.17, 15) is 4.79 Å². The molecule has 1 aliphatic carbocycles. The van der Waals surface area contributed by atoms with Gasteiger partial charge in [0.05, 0.1) is 0 Å². The van der Waals surface area contributed by atoms with Crippen molar-refractivity contribution in [2.24, 2.45) is 0 Å². The number of rotatable bonds is 4. The van der Waals surface area contributed by atoms with Crippen molar-refractivity contribution in [2.45, 2.75) is 58.4 Å². The lowest BCUT2D eigenvalue weighted by atomic mass is 10.1. The molecule has 1 aromatic rings. The van der Waals surface area contributed by atoms with Crippen LogP contribution in [-0.2, 0) is 4.79 Å². The Morgan fingerprint density at radius 1 is 1.19 bits per heavy atom. The van der Waals surface area contributed by atoms with Crippen LogP contribution in [0.5, 0.6) is 5.75 Å². The van der Waals surface area contributed by atoms with Gasteiger partial charge in [-0.3, -0.25) is 4.79 Å². The van der Waals surface area contributed by atoms with Crippen LogP contribution in [0.1, 0.15) is 49.7 Å². The Morgan fingerprint density at radius 3 is 2.52 bits per heavy atom. The van der Waals surface area contributed by atoms with Crippen LogP contribution in [-0.4, -0.2) is 18.6 Å². The summed E-state index contributed by atoms with van der Waals surface area (Å²) in [7, 11) is 0. The first-order valence-electron chi connectivity index (χ1n) is 7.75. The van der Waals surface area contributed by atoms with E-state index in [2.05, 4.69) is 21.2 Å². The smallest absolute Gasteiger partial charge is 0.258 e. The zero-order valence-corrected chi connectivity index (χ0v) is 14.5. The Balaban J connectivity index is 1.84. The fourth-order valence-corrected chi connectivity index (χ4v) is 3.20. The molecule has 4 heteroatoms. The predicted molar refractivity (Wildman–Crippen MR) is 88.7 cm³/mol. The SMILES string of the molecule is Cc1cc(OCC(=O)NC2CCCCCC2)c(C)cc1Br. The minimum atomic E-state index is -0.0122. The molecule has 1 aromatic carbocycles. The number of ether oxygens (including phenoxy) is 1. The fraction of sp³-hybridized carbons (Fsp3) is 0.588. The lowest BCUT2D eigenvalue weighted by Crippen LogP contribution is -2.37. The Hall–Kier alpha value is -1.03. The monoisotopic (exact) mass is 353 g/mol. The third kappa shape index (κ3) is 5.03. The van der Waals surface area contributed by atoms with Crippen LogP contribution in [0.2, 0.25) is 0 Å². The van der Waals surface area contributed by atoms with Gasteiger partial charge in [-0.05, 0) is 49.9 Å². The number of nitrogens with one attached hydrogen (secondary N) is 1. The Labute approximate surface area is 135 Å². The van der Waals surface area contributed by atoms with Gasteiger partial charge in [-0.1, -0.05) is 41.6 Å². The minimum absolute atomic E-state index is 0.0122. The third-order valence-electron chi connectivity index (χ3n) is 4.04. The first-order valence-corrected chi connectivity index (χ1v) is 8.54. The molecule has 116 valence electrons. The largest absolute Gasteiger partial charge is 0.483 e. The van der Waals surface area contributed by atoms with Crippen LogP contribution in [0.25, 0.3) is 0 Å². The number of hydrogen-bond donors (Lipinski definition) is 1. The number of hydrogen-bond acceptors (Lipinski definition) is 2. The maximum absolute atomic E-state index is 12.0. The van der Waals surface area contributed by atoms with Gasteiger partial charge in [0.2, 0.25) is 0 Å². The van der Waals surface area contributed by atoms with E-state index in [1.807, 2.05) is 26.0 Å². The summed E-state index contributed by atoms with van der Waals surface area (Å²) in [6.07, 6.45) is 7.22. The van der Waals surface area contributed by atoms with Crippen molar-refractivity contribution < 1.29 is 9.53 Å². The molecule has 0 aromatic heterocycles. The number of carbonyl (C=O) groups excluding carboxylic acids is 1. The highest BCUT2D eigenvalue weighted by molar-refractivity contribution is 9.10. The molecule has 1 amide bonds. The topological polar surface area (TPSA) is 38.3 Å². The van der Waals surface area contributed by atoms with Crippen molar-refractivity contribution in [3.8, 4) is 5.75 Å². The van der Waals surface area contributed by atoms with E-state index in [-0.39, 0.29) is 12.5 Å². The molecule has 0 bridgehead atoms. The van der Waals surface area contributed by atoms with Crippen LogP contribution in [0, 0.1) is 13.8 Å². The van der Waals surface area contributed by atoms with E-state index in [0.29, 0.717) is 6.04 Å². The zero-order chi connectivity index (χ0) is 15.2. The second-order valence-electron chi connectivity index (χ2n) is 5.91. The van der Waals surface area contributed by atoms with Gasteiger partial charge in [-0.25, -0.2) is 0 Å². The second kappa shape index (κ2) is 7.83. The molecule has 3 nitrogen and oxygen atoms in total. The van der Waals surface area contributed by atoms with E-state index in [1.165, 1.54) is 25.7 Å². The lowest BCUT2D eigenvalue weighted by molar-refractivity contribution is -0.123. The maximum Gasteiger partial charge on any atom is 0.258 e. The second-order valence-corrected chi connectivity index (χ2v) is 6.77. The van der Waals surface area contributed by atoms with Gasteiger partial charge in [0.15, 0.2) is 6.61 Å². The normalized spacial score (nSPS) is 16.3. The Bertz CT molecular complexity index is 494. The summed E-state index contributed by atoms with van der Waals surface area (Å²) in [6.45, 7) is 4.10. The number of carbonyl (C=O) groups is 1. The van der Waals surface area contributed by atoms with Crippen molar-refractivity contribution >= 4 is 21.8 Å². The van der Waals surface area contributed by atoms with Crippen LogP contribution < -0.4 is 10.1 Å². The first kappa shape index (κ1) is 16.3. The molecule has 0 radical (unpaired) electrons. The molecular formula is C17H24BrNO2. The van der Waals surface area contributed by atoms with Gasteiger partial charge in [0.25, 0.3) is 5.91 Å². The average Bonchev–Trinajstić information content (AvgIpc) is 2.70. The molecule has 0 spiro atoms. The summed E-state index contributed by atoms with van der Waals surface area (Å²) in [5.41, 5.74) is 2.15. The van der Waals surface area contributed by atoms with Crippen LogP contribution in [0.4, 0.5) is 0 Å². The molecule has 0 aliphatic heterocycles.